The molecule has 1 unspecified atom stereocenters. The van der Waals surface area contributed by atoms with Crippen molar-refractivity contribution >= 4 is 5.91 Å². The van der Waals surface area contributed by atoms with Gasteiger partial charge in [0.15, 0.2) is 17.3 Å². The number of rotatable bonds is 3. The van der Waals surface area contributed by atoms with Crippen molar-refractivity contribution in [1.29, 1.82) is 0 Å². The van der Waals surface area contributed by atoms with Crippen molar-refractivity contribution in [2.75, 3.05) is 13.3 Å². The van der Waals surface area contributed by atoms with E-state index in [4.69, 9.17) is 14.0 Å². The first-order valence-electron chi connectivity index (χ1n) is 8.69. The molecule has 7 heteroatoms. The van der Waals surface area contributed by atoms with Crippen molar-refractivity contribution in [3.05, 3.63) is 35.5 Å². The molecular weight excluding hydrogens is 322 g/mol. The number of carbonyl (C=O) groups is 1. The van der Waals surface area contributed by atoms with Gasteiger partial charge in [0.1, 0.15) is 0 Å². The molecule has 0 N–H and O–H groups in total. The van der Waals surface area contributed by atoms with Crippen molar-refractivity contribution in [1.82, 2.24) is 15.0 Å². The standard InChI is InChI=1S/C18H21N3O4/c1-12-19-18(20-25-12)14-5-3-2-4-8-21(14)17(22)10-13-6-7-15-16(9-13)24-11-23-15/h6-7,9,14H,2-5,8,10-11H2,1H3. The Morgan fingerprint density at radius 1 is 1.24 bits per heavy atom. The number of nitrogens with zero attached hydrogens (tertiary/aromatic N) is 3. The topological polar surface area (TPSA) is 77.7 Å². The molecule has 2 aliphatic rings. The van der Waals surface area contributed by atoms with Gasteiger partial charge in [0, 0.05) is 13.5 Å². The molecule has 0 aliphatic carbocycles. The molecule has 2 aromatic rings. The summed E-state index contributed by atoms with van der Waals surface area (Å²) < 4.78 is 15.8. The lowest BCUT2D eigenvalue weighted by atomic mass is 10.1. The van der Waals surface area contributed by atoms with Gasteiger partial charge in [-0.25, -0.2) is 0 Å². The van der Waals surface area contributed by atoms with Gasteiger partial charge in [-0.3, -0.25) is 4.79 Å². The van der Waals surface area contributed by atoms with E-state index in [1.54, 1.807) is 6.92 Å². The maximum atomic E-state index is 13.0. The van der Waals surface area contributed by atoms with Crippen LogP contribution >= 0.6 is 0 Å². The second-order valence-electron chi connectivity index (χ2n) is 6.49. The highest BCUT2D eigenvalue weighted by Crippen LogP contribution is 2.33. The molecular formula is C18H21N3O4. The minimum atomic E-state index is -0.110. The number of carbonyl (C=O) groups excluding carboxylic acids is 1. The Kier molecular flexibility index (Phi) is 4.29. The highest BCUT2D eigenvalue weighted by Gasteiger charge is 2.30. The summed E-state index contributed by atoms with van der Waals surface area (Å²) in [5.41, 5.74) is 0.918. The third-order valence-electron chi connectivity index (χ3n) is 4.71. The van der Waals surface area contributed by atoms with Gasteiger partial charge in [0.2, 0.25) is 18.6 Å². The summed E-state index contributed by atoms with van der Waals surface area (Å²) in [5, 5.41) is 4.05. The van der Waals surface area contributed by atoms with E-state index in [0.717, 1.165) is 43.5 Å². The summed E-state index contributed by atoms with van der Waals surface area (Å²) in [6.07, 6.45) is 4.36. The largest absolute Gasteiger partial charge is 0.454 e. The molecule has 7 nitrogen and oxygen atoms in total. The summed E-state index contributed by atoms with van der Waals surface area (Å²) in [4.78, 5) is 19.2. The smallest absolute Gasteiger partial charge is 0.231 e. The van der Waals surface area contributed by atoms with Crippen molar-refractivity contribution in [3.63, 3.8) is 0 Å². The van der Waals surface area contributed by atoms with Crippen LogP contribution in [-0.2, 0) is 11.2 Å². The average Bonchev–Trinajstić information content (AvgIpc) is 3.16. The molecule has 1 amide bonds. The van der Waals surface area contributed by atoms with Gasteiger partial charge in [0.05, 0.1) is 12.5 Å². The van der Waals surface area contributed by atoms with Crippen LogP contribution < -0.4 is 9.47 Å². The zero-order valence-corrected chi connectivity index (χ0v) is 14.2. The number of fused-ring (bicyclic) bond motifs is 1. The quantitative estimate of drug-likeness (QED) is 0.853. The van der Waals surface area contributed by atoms with E-state index in [2.05, 4.69) is 10.1 Å². The van der Waals surface area contributed by atoms with E-state index in [-0.39, 0.29) is 18.7 Å². The predicted octanol–water partition coefficient (Wildman–Crippen LogP) is 2.79. The summed E-state index contributed by atoms with van der Waals surface area (Å²) in [6.45, 7) is 2.73. The number of hydrogen-bond acceptors (Lipinski definition) is 6. The number of aromatic nitrogens is 2. The van der Waals surface area contributed by atoms with Gasteiger partial charge in [-0.2, -0.15) is 4.98 Å². The zero-order chi connectivity index (χ0) is 17.2. The monoisotopic (exact) mass is 343 g/mol. The van der Waals surface area contributed by atoms with Gasteiger partial charge < -0.3 is 18.9 Å². The maximum Gasteiger partial charge on any atom is 0.231 e. The lowest BCUT2D eigenvalue weighted by Crippen LogP contribution is -2.36. The lowest BCUT2D eigenvalue weighted by molar-refractivity contribution is -0.133. The van der Waals surface area contributed by atoms with E-state index in [9.17, 15) is 4.79 Å². The van der Waals surface area contributed by atoms with Crippen LogP contribution in [0.25, 0.3) is 0 Å². The Labute approximate surface area is 145 Å². The van der Waals surface area contributed by atoms with Gasteiger partial charge in [-0.1, -0.05) is 24.1 Å². The molecule has 132 valence electrons. The van der Waals surface area contributed by atoms with Crippen LogP contribution in [0.4, 0.5) is 0 Å². The van der Waals surface area contributed by atoms with Crippen LogP contribution in [-0.4, -0.2) is 34.3 Å². The zero-order valence-electron chi connectivity index (χ0n) is 14.2. The number of ether oxygens (including phenoxy) is 2. The van der Waals surface area contributed by atoms with Gasteiger partial charge in [-0.15, -0.1) is 0 Å². The van der Waals surface area contributed by atoms with Crippen LogP contribution in [0.5, 0.6) is 11.5 Å². The number of benzene rings is 1. The maximum absolute atomic E-state index is 13.0. The highest BCUT2D eigenvalue weighted by atomic mass is 16.7. The summed E-state index contributed by atoms with van der Waals surface area (Å²) in [5.74, 6) is 2.65. The first kappa shape index (κ1) is 15.9. The first-order chi connectivity index (χ1) is 12.2. The summed E-state index contributed by atoms with van der Waals surface area (Å²) in [7, 11) is 0. The molecule has 0 saturated carbocycles. The van der Waals surface area contributed by atoms with Crippen molar-refractivity contribution < 1.29 is 18.8 Å². The van der Waals surface area contributed by atoms with Gasteiger partial charge in [-0.05, 0) is 30.5 Å². The predicted molar refractivity (Wildman–Crippen MR) is 88.2 cm³/mol. The Hall–Kier alpha value is -2.57. The van der Waals surface area contributed by atoms with Crippen molar-refractivity contribution in [3.8, 4) is 11.5 Å². The fourth-order valence-corrected chi connectivity index (χ4v) is 3.45. The third-order valence-corrected chi connectivity index (χ3v) is 4.71. The Morgan fingerprint density at radius 2 is 2.12 bits per heavy atom. The molecule has 0 radical (unpaired) electrons. The normalized spacial score (nSPS) is 19.7. The second kappa shape index (κ2) is 6.74. The van der Waals surface area contributed by atoms with E-state index in [1.165, 1.54) is 0 Å². The van der Waals surface area contributed by atoms with Crippen molar-refractivity contribution in [2.24, 2.45) is 0 Å². The van der Waals surface area contributed by atoms with E-state index in [1.807, 2.05) is 23.1 Å². The molecule has 1 aromatic heterocycles. The van der Waals surface area contributed by atoms with Gasteiger partial charge >= 0.3 is 0 Å². The molecule has 4 rings (SSSR count). The number of aryl methyl sites for hydroxylation is 1. The molecule has 1 atom stereocenters. The van der Waals surface area contributed by atoms with Crippen LogP contribution in [0.15, 0.2) is 22.7 Å². The van der Waals surface area contributed by atoms with Crippen LogP contribution in [0.3, 0.4) is 0 Å². The molecule has 2 aliphatic heterocycles. The van der Waals surface area contributed by atoms with Crippen LogP contribution in [0.1, 0.15) is 49.0 Å². The van der Waals surface area contributed by atoms with E-state index < -0.39 is 0 Å². The SMILES string of the molecule is Cc1nc(C2CCCCCN2C(=O)Cc2ccc3c(c2)OCO3)no1. The lowest BCUT2D eigenvalue weighted by Gasteiger charge is -2.28. The van der Waals surface area contributed by atoms with Crippen LogP contribution in [0, 0.1) is 6.92 Å². The molecule has 1 saturated heterocycles. The van der Waals surface area contributed by atoms with Crippen molar-refractivity contribution in [2.45, 2.75) is 45.1 Å². The Bertz CT molecular complexity index is 773. The number of likely N-dealkylation sites (tertiary alicyclic amines) is 1. The molecule has 1 fully saturated rings. The Morgan fingerprint density at radius 3 is 2.96 bits per heavy atom. The molecule has 1 aromatic carbocycles. The minimum absolute atomic E-state index is 0.0771. The molecule has 3 heterocycles. The molecule has 25 heavy (non-hydrogen) atoms. The Balaban J connectivity index is 1.53. The third kappa shape index (κ3) is 3.31. The average molecular weight is 343 g/mol. The second-order valence-corrected chi connectivity index (χ2v) is 6.49. The summed E-state index contributed by atoms with van der Waals surface area (Å²) >= 11 is 0. The first-order valence-corrected chi connectivity index (χ1v) is 8.69. The fourth-order valence-electron chi connectivity index (χ4n) is 3.45. The number of hydrogen-bond donors (Lipinski definition) is 0. The molecule has 0 spiro atoms. The van der Waals surface area contributed by atoms with Gasteiger partial charge in [0.25, 0.3) is 0 Å². The minimum Gasteiger partial charge on any atom is -0.454 e. The summed E-state index contributed by atoms with van der Waals surface area (Å²) in [6, 6.07) is 5.54. The number of amides is 1. The molecule has 0 bridgehead atoms. The van der Waals surface area contributed by atoms with E-state index >= 15 is 0 Å². The van der Waals surface area contributed by atoms with E-state index in [0.29, 0.717) is 23.9 Å². The highest BCUT2D eigenvalue weighted by molar-refractivity contribution is 5.79. The fraction of sp³-hybridized carbons (Fsp3) is 0.500. The van der Waals surface area contributed by atoms with Crippen LogP contribution in [0.2, 0.25) is 0 Å².